The Kier molecular flexibility index (Phi) is 2.75. The van der Waals surface area contributed by atoms with Crippen molar-refractivity contribution in [2.75, 3.05) is 0 Å². The number of hydrogen-bond acceptors (Lipinski definition) is 0. The fourth-order valence-electron chi connectivity index (χ4n) is 2.13. The molecule has 84 valence electrons. The molecule has 0 unspecified atom stereocenters. The zero-order valence-corrected chi connectivity index (χ0v) is 10.7. The monoisotopic (exact) mass is 212 g/mol. The molecule has 0 nitrogen and oxygen atoms in total. The van der Waals surface area contributed by atoms with Crippen LogP contribution in [0.15, 0.2) is 42.0 Å². The molecule has 0 fully saturated rings. The summed E-state index contributed by atoms with van der Waals surface area (Å²) >= 11 is 0. The van der Waals surface area contributed by atoms with Crippen molar-refractivity contribution in [3.63, 3.8) is 0 Å². The summed E-state index contributed by atoms with van der Waals surface area (Å²) in [7, 11) is 0. The van der Waals surface area contributed by atoms with E-state index in [-0.39, 0.29) is 0 Å². The summed E-state index contributed by atoms with van der Waals surface area (Å²) < 4.78 is 0. The van der Waals surface area contributed by atoms with Gasteiger partial charge in [-0.15, -0.1) is 0 Å². The maximum Gasteiger partial charge on any atom is -0.0121 e. The van der Waals surface area contributed by atoms with E-state index in [1.54, 1.807) is 0 Å². The van der Waals surface area contributed by atoms with Gasteiger partial charge in [-0.05, 0) is 35.5 Å². The summed E-state index contributed by atoms with van der Waals surface area (Å²) in [5, 5.41) is 0. The van der Waals surface area contributed by atoms with Crippen molar-refractivity contribution in [1.82, 2.24) is 0 Å². The lowest BCUT2D eigenvalue weighted by atomic mass is 9.86. The summed E-state index contributed by atoms with van der Waals surface area (Å²) in [6, 6.07) is 8.61. The topological polar surface area (TPSA) is 0 Å². The molecule has 0 spiro atoms. The molecule has 1 aromatic carbocycles. The van der Waals surface area contributed by atoms with Crippen LogP contribution >= 0.6 is 0 Å². The minimum absolute atomic E-state index is 0.293. The Morgan fingerprint density at radius 1 is 1.06 bits per heavy atom. The highest BCUT2D eigenvalue weighted by Gasteiger charge is 2.20. The lowest BCUT2D eigenvalue weighted by Gasteiger charge is -2.19. The molecule has 0 amide bonds. The first kappa shape index (κ1) is 11.2. The second-order valence-corrected chi connectivity index (χ2v) is 5.60. The predicted molar refractivity (Wildman–Crippen MR) is 71.3 cm³/mol. The van der Waals surface area contributed by atoms with E-state index in [1.807, 2.05) is 0 Å². The minimum atomic E-state index is 0.293. The Morgan fingerprint density at radius 3 is 2.31 bits per heavy atom. The first-order valence-corrected chi connectivity index (χ1v) is 5.96. The molecule has 0 N–H and O–H groups in total. The molecule has 1 aliphatic rings. The average molecular weight is 212 g/mol. The fourth-order valence-corrected chi connectivity index (χ4v) is 2.13. The van der Waals surface area contributed by atoms with Crippen LogP contribution in [0.3, 0.4) is 0 Å². The van der Waals surface area contributed by atoms with Crippen LogP contribution in [0.5, 0.6) is 0 Å². The third kappa shape index (κ3) is 2.11. The normalized spacial score (nSPS) is 16.0. The van der Waals surface area contributed by atoms with Gasteiger partial charge in [0.25, 0.3) is 0 Å². The molecule has 0 heterocycles. The van der Waals surface area contributed by atoms with Gasteiger partial charge in [-0.2, -0.15) is 0 Å². The van der Waals surface area contributed by atoms with Crippen LogP contribution < -0.4 is 0 Å². The van der Waals surface area contributed by atoms with E-state index in [0.29, 0.717) is 5.41 Å². The van der Waals surface area contributed by atoms with Gasteiger partial charge in [-0.3, -0.25) is 0 Å². The van der Waals surface area contributed by atoms with Crippen LogP contribution in [0.2, 0.25) is 0 Å². The largest absolute Gasteiger partial charge is 0.0726 e. The maximum atomic E-state index is 2.36. The van der Waals surface area contributed by atoms with Gasteiger partial charge in [0.1, 0.15) is 0 Å². The molecule has 0 radical (unpaired) electrons. The van der Waals surface area contributed by atoms with Crippen molar-refractivity contribution in [2.24, 2.45) is 5.41 Å². The van der Waals surface area contributed by atoms with Gasteiger partial charge >= 0.3 is 0 Å². The minimum Gasteiger partial charge on any atom is -0.0726 e. The van der Waals surface area contributed by atoms with Crippen molar-refractivity contribution in [1.29, 1.82) is 0 Å². The first-order chi connectivity index (χ1) is 7.48. The maximum absolute atomic E-state index is 2.36. The van der Waals surface area contributed by atoms with Gasteiger partial charge in [-0.1, -0.05) is 62.8 Å². The Morgan fingerprint density at radius 2 is 1.75 bits per heavy atom. The van der Waals surface area contributed by atoms with Gasteiger partial charge in [0.2, 0.25) is 0 Å². The van der Waals surface area contributed by atoms with Gasteiger partial charge in [0.05, 0.1) is 0 Å². The van der Waals surface area contributed by atoms with Crippen molar-refractivity contribution in [3.05, 3.63) is 53.1 Å². The van der Waals surface area contributed by atoms with Crippen molar-refractivity contribution < 1.29 is 0 Å². The Balaban J connectivity index is 2.33. The van der Waals surface area contributed by atoms with Gasteiger partial charge < -0.3 is 0 Å². The quantitative estimate of drug-likeness (QED) is 0.630. The highest BCUT2D eigenvalue weighted by Crippen LogP contribution is 2.37. The molecular formula is C16H20. The highest BCUT2D eigenvalue weighted by molar-refractivity contribution is 5.79. The zero-order valence-electron chi connectivity index (χ0n) is 10.7. The van der Waals surface area contributed by atoms with E-state index in [2.05, 4.69) is 64.1 Å². The molecule has 0 aliphatic heterocycles. The second kappa shape index (κ2) is 3.93. The van der Waals surface area contributed by atoms with Crippen LogP contribution in [0.1, 0.15) is 38.3 Å². The molecule has 1 aliphatic carbocycles. The Bertz CT molecular complexity index is 453. The van der Waals surface area contributed by atoms with Crippen molar-refractivity contribution in [2.45, 2.75) is 34.1 Å². The molecule has 0 heteroatoms. The van der Waals surface area contributed by atoms with Crippen molar-refractivity contribution in [3.8, 4) is 0 Å². The zero-order chi connectivity index (χ0) is 11.8. The van der Waals surface area contributed by atoms with E-state index in [1.165, 1.54) is 22.3 Å². The third-order valence-corrected chi connectivity index (χ3v) is 3.29. The predicted octanol–water partition coefficient (Wildman–Crippen LogP) is 4.75. The average Bonchev–Trinajstić information content (AvgIpc) is 2.66. The Hall–Kier alpha value is -1.30. The summed E-state index contributed by atoms with van der Waals surface area (Å²) in [6.07, 6.45) is 5.82. The molecule has 0 saturated heterocycles. The number of benzene rings is 1. The van der Waals surface area contributed by atoms with Crippen LogP contribution in [-0.2, 0) is 0 Å². The highest BCUT2D eigenvalue weighted by atomic mass is 14.2. The molecule has 16 heavy (non-hydrogen) atoms. The molecule has 0 aromatic heterocycles. The van der Waals surface area contributed by atoms with Crippen LogP contribution in [0, 0.1) is 12.3 Å². The summed E-state index contributed by atoms with van der Waals surface area (Å²) in [5.74, 6) is 0. The molecule has 0 bridgehead atoms. The van der Waals surface area contributed by atoms with E-state index < -0.39 is 0 Å². The SMILES string of the molecule is Cc1ccccc1C1=CCC(C(C)(C)C)=C1. The Labute approximate surface area is 98.7 Å². The molecule has 1 aromatic rings. The summed E-state index contributed by atoms with van der Waals surface area (Å²) in [4.78, 5) is 0. The molecule has 0 atom stereocenters. The molecular weight excluding hydrogens is 192 g/mol. The number of hydrogen-bond donors (Lipinski definition) is 0. The van der Waals surface area contributed by atoms with Crippen LogP contribution in [-0.4, -0.2) is 0 Å². The number of rotatable bonds is 1. The van der Waals surface area contributed by atoms with Gasteiger partial charge in [-0.25, -0.2) is 0 Å². The summed E-state index contributed by atoms with van der Waals surface area (Å²) in [5.41, 5.74) is 5.96. The second-order valence-electron chi connectivity index (χ2n) is 5.60. The standard InChI is InChI=1S/C16H20/c1-12-7-5-6-8-15(12)13-9-10-14(11-13)16(2,3)4/h5-9,11H,10H2,1-4H3. The molecule has 0 saturated carbocycles. The van der Waals surface area contributed by atoms with Gasteiger partial charge in [0, 0.05) is 0 Å². The first-order valence-electron chi connectivity index (χ1n) is 5.96. The fraction of sp³-hybridized carbons (Fsp3) is 0.375. The number of aryl methyl sites for hydroxylation is 1. The van der Waals surface area contributed by atoms with Crippen LogP contribution in [0.4, 0.5) is 0 Å². The van der Waals surface area contributed by atoms with Crippen LogP contribution in [0.25, 0.3) is 5.57 Å². The number of allylic oxidation sites excluding steroid dienone is 4. The van der Waals surface area contributed by atoms with Crippen molar-refractivity contribution >= 4 is 5.57 Å². The lowest BCUT2D eigenvalue weighted by Crippen LogP contribution is -2.07. The van der Waals surface area contributed by atoms with E-state index in [9.17, 15) is 0 Å². The van der Waals surface area contributed by atoms with Gasteiger partial charge in [0.15, 0.2) is 0 Å². The lowest BCUT2D eigenvalue weighted by molar-refractivity contribution is 0.496. The summed E-state index contributed by atoms with van der Waals surface area (Å²) in [6.45, 7) is 9.04. The van der Waals surface area contributed by atoms with E-state index in [0.717, 1.165) is 6.42 Å². The van der Waals surface area contributed by atoms with E-state index in [4.69, 9.17) is 0 Å². The third-order valence-electron chi connectivity index (χ3n) is 3.29. The smallest absolute Gasteiger partial charge is 0.0121 e. The van der Waals surface area contributed by atoms with E-state index >= 15 is 0 Å². The molecule has 2 rings (SSSR count).